The Hall–Kier alpha value is -1.26. The molecule has 0 saturated carbocycles. The zero-order valence-electron chi connectivity index (χ0n) is 10.1. The zero-order valence-corrected chi connectivity index (χ0v) is 10.9. The summed E-state index contributed by atoms with van der Waals surface area (Å²) < 4.78 is 27.4. The summed E-state index contributed by atoms with van der Waals surface area (Å²) in [7, 11) is 1.73. The van der Waals surface area contributed by atoms with Gasteiger partial charge < -0.3 is 5.32 Å². The van der Waals surface area contributed by atoms with Crippen molar-refractivity contribution in [2.45, 2.75) is 18.9 Å². The van der Waals surface area contributed by atoms with Gasteiger partial charge in [0.1, 0.15) is 11.6 Å². The van der Waals surface area contributed by atoms with Crippen LogP contribution in [0.3, 0.4) is 0 Å². The number of thiophene rings is 1. The van der Waals surface area contributed by atoms with Gasteiger partial charge in [0.15, 0.2) is 0 Å². The van der Waals surface area contributed by atoms with Gasteiger partial charge in [0.2, 0.25) is 0 Å². The van der Waals surface area contributed by atoms with Crippen LogP contribution < -0.4 is 5.32 Å². The highest BCUT2D eigenvalue weighted by molar-refractivity contribution is 7.07. The molecule has 2 aromatic rings. The lowest BCUT2D eigenvalue weighted by molar-refractivity contribution is 0.471. The predicted molar refractivity (Wildman–Crippen MR) is 70.8 cm³/mol. The molecule has 0 spiro atoms. The maximum Gasteiger partial charge on any atom is 0.130 e. The van der Waals surface area contributed by atoms with Gasteiger partial charge >= 0.3 is 0 Å². The first-order valence-electron chi connectivity index (χ1n) is 5.84. The minimum absolute atomic E-state index is 0.134. The Morgan fingerprint density at radius 1 is 1.22 bits per heavy atom. The van der Waals surface area contributed by atoms with Crippen molar-refractivity contribution in [1.82, 2.24) is 5.32 Å². The number of aryl methyl sites for hydroxylation is 1. The molecule has 0 amide bonds. The summed E-state index contributed by atoms with van der Waals surface area (Å²) in [5.74, 6) is -0.973. The van der Waals surface area contributed by atoms with E-state index in [1.165, 1.54) is 23.8 Å². The maximum absolute atomic E-state index is 13.7. The standard InChI is InChI=1S/C14H15F2NS/c1-17-13(6-5-10-7-8-18-9-10)14-11(15)3-2-4-12(14)16/h2-4,7-9,13,17H,5-6H2,1H3. The number of rotatable bonds is 5. The first-order chi connectivity index (χ1) is 8.72. The van der Waals surface area contributed by atoms with Crippen molar-refractivity contribution in [2.24, 2.45) is 0 Å². The van der Waals surface area contributed by atoms with E-state index in [0.29, 0.717) is 6.42 Å². The number of halogens is 2. The third-order valence-electron chi connectivity index (χ3n) is 3.00. The van der Waals surface area contributed by atoms with Crippen LogP contribution in [0.4, 0.5) is 8.78 Å². The van der Waals surface area contributed by atoms with Crippen LogP contribution in [-0.2, 0) is 6.42 Å². The topological polar surface area (TPSA) is 12.0 Å². The zero-order chi connectivity index (χ0) is 13.0. The highest BCUT2D eigenvalue weighted by Gasteiger charge is 2.18. The lowest BCUT2D eigenvalue weighted by Crippen LogP contribution is -2.19. The van der Waals surface area contributed by atoms with Crippen molar-refractivity contribution >= 4 is 11.3 Å². The van der Waals surface area contributed by atoms with E-state index in [1.54, 1.807) is 18.4 Å². The Balaban J connectivity index is 2.13. The van der Waals surface area contributed by atoms with Crippen molar-refractivity contribution in [3.8, 4) is 0 Å². The van der Waals surface area contributed by atoms with E-state index >= 15 is 0 Å². The minimum atomic E-state index is -0.486. The Bertz CT molecular complexity index is 476. The number of benzene rings is 1. The maximum atomic E-state index is 13.7. The SMILES string of the molecule is CNC(CCc1ccsc1)c1c(F)cccc1F. The molecule has 1 heterocycles. The molecule has 0 radical (unpaired) electrons. The lowest BCUT2D eigenvalue weighted by atomic mass is 9.99. The van der Waals surface area contributed by atoms with E-state index in [4.69, 9.17) is 0 Å². The van der Waals surface area contributed by atoms with E-state index in [1.807, 2.05) is 11.4 Å². The van der Waals surface area contributed by atoms with Crippen LogP contribution in [0, 0.1) is 11.6 Å². The average molecular weight is 267 g/mol. The summed E-state index contributed by atoms with van der Waals surface area (Å²) in [5.41, 5.74) is 1.34. The van der Waals surface area contributed by atoms with E-state index in [9.17, 15) is 8.78 Å². The smallest absolute Gasteiger partial charge is 0.130 e. The van der Waals surface area contributed by atoms with Crippen molar-refractivity contribution in [1.29, 1.82) is 0 Å². The summed E-state index contributed by atoms with van der Waals surface area (Å²) in [6.45, 7) is 0. The normalized spacial score (nSPS) is 12.6. The lowest BCUT2D eigenvalue weighted by Gasteiger charge is -2.17. The van der Waals surface area contributed by atoms with Crippen molar-refractivity contribution in [3.05, 3.63) is 57.8 Å². The largest absolute Gasteiger partial charge is 0.313 e. The number of hydrogen-bond acceptors (Lipinski definition) is 2. The van der Waals surface area contributed by atoms with Gasteiger partial charge in [-0.25, -0.2) is 8.78 Å². The summed E-state index contributed by atoms with van der Waals surface area (Å²) in [6, 6.07) is 5.72. The Morgan fingerprint density at radius 3 is 2.50 bits per heavy atom. The molecule has 2 rings (SSSR count). The van der Waals surface area contributed by atoms with Gasteiger partial charge in [-0.15, -0.1) is 0 Å². The molecule has 18 heavy (non-hydrogen) atoms. The van der Waals surface area contributed by atoms with Gasteiger partial charge in [-0.1, -0.05) is 6.07 Å². The first kappa shape index (κ1) is 13.2. The quantitative estimate of drug-likeness (QED) is 0.865. The fraction of sp³-hybridized carbons (Fsp3) is 0.286. The van der Waals surface area contributed by atoms with Crippen molar-refractivity contribution in [2.75, 3.05) is 7.05 Å². The second kappa shape index (κ2) is 6.07. The van der Waals surface area contributed by atoms with Crippen LogP contribution in [0.2, 0.25) is 0 Å². The monoisotopic (exact) mass is 267 g/mol. The Kier molecular flexibility index (Phi) is 4.44. The van der Waals surface area contributed by atoms with Crippen LogP contribution in [-0.4, -0.2) is 7.05 Å². The molecular formula is C14H15F2NS. The average Bonchev–Trinajstić information content (AvgIpc) is 2.86. The molecule has 4 heteroatoms. The summed E-state index contributed by atoms with van der Waals surface area (Å²) in [4.78, 5) is 0. The van der Waals surface area contributed by atoms with Gasteiger partial charge in [-0.3, -0.25) is 0 Å². The molecule has 0 bridgehead atoms. The van der Waals surface area contributed by atoms with E-state index in [-0.39, 0.29) is 11.6 Å². The molecule has 0 aliphatic rings. The second-order valence-electron chi connectivity index (χ2n) is 4.15. The molecule has 1 aromatic carbocycles. The molecule has 1 unspecified atom stereocenters. The highest BCUT2D eigenvalue weighted by atomic mass is 32.1. The Labute approximate surface area is 109 Å². The fourth-order valence-electron chi connectivity index (χ4n) is 2.02. The van der Waals surface area contributed by atoms with Crippen molar-refractivity contribution < 1.29 is 8.78 Å². The molecule has 1 N–H and O–H groups in total. The second-order valence-corrected chi connectivity index (χ2v) is 4.93. The van der Waals surface area contributed by atoms with Crippen LogP contribution in [0.25, 0.3) is 0 Å². The highest BCUT2D eigenvalue weighted by Crippen LogP contribution is 2.24. The van der Waals surface area contributed by atoms with Crippen LogP contribution in [0.1, 0.15) is 23.6 Å². The summed E-state index contributed by atoms with van der Waals surface area (Å²) in [5, 5.41) is 7.05. The number of hydrogen-bond donors (Lipinski definition) is 1. The van der Waals surface area contributed by atoms with Crippen molar-refractivity contribution in [3.63, 3.8) is 0 Å². The third kappa shape index (κ3) is 2.94. The molecule has 1 aromatic heterocycles. The number of nitrogens with one attached hydrogen (secondary N) is 1. The molecule has 1 atom stereocenters. The van der Waals surface area contributed by atoms with Crippen LogP contribution in [0.15, 0.2) is 35.0 Å². The third-order valence-corrected chi connectivity index (χ3v) is 3.73. The summed E-state index contributed by atoms with van der Waals surface area (Å²) in [6.07, 6.45) is 1.48. The van der Waals surface area contributed by atoms with E-state index < -0.39 is 11.6 Å². The first-order valence-corrected chi connectivity index (χ1v) is 6.79. The predicted octanol–water partition coefficient (Wildman–Crippen LogP) is 3.92. The van der Waals surface area contributed by atoms with Crippen LogP contribution in [0.5, 0.6) is 0 Å². The molecule has 0 saturated heterocycles. The van der Waals surface area contributed by atoms with Gasteiger partial charge in [-0.05, 0) is 54.4 Å². The Morgan fingerprint density at radius 2 is 1.94 bits per heavy atom. The van der Waals surface area contributed by atoms with E-state index in [0.717, 1.165) is 6.42 Å². The molecule has 96 valence electrons. The fourth-order valence-corrected chi connectivity index (χ4v) is 2.73. The summed E-state index contributed by atoms with van der Waals surface area (Å²) >= 11 is 1.63. The molecule has 0 aliphatic heterocycles. The minimum Gasteiger partial charge on any atom is -0.313 e. The van der Waals surface area contributed by atoms with Gasteiger partial charge in [0, 0.05) is 11.6 Å². The van der Waals surface area contributed by atoms with Gasteiger partial charge in [-0.2, -0.15) is 11.3 Å². The van der Waals surface area contributed by atoms with Gasteiger partial charge in [0.25, 0.3) is 0 Å². The molecule has 0 aliphatic carbocycles. The van der Waals surface area contributed by atoms with Gasteiger partial charge in [0.05, 0.1) is 0 Å². The van der Waals surface area contributed by atoms with Crippen LogP contribution >= 0.6 is 11.3 Å². The molecule has 0 fully saturated rings. The van der Waals surface area contributed by atoms with E-state index in [2.05, 4.69) is 10.7 Å². The molecular weight excluding hydrogens is 252 g/mol. The molecule has 1 nitrogen and oxygen atoms in total.